The third-order valence-corrected chi connectivity index (χ3v) is 7.91. The normalized spacial score (nSPS) is 17.0. The average molecular weight is 697 g/mol. The van der Waals surface area contributed by atoms with E-state index in [0.717, 1.165) is 25.7 Å². The number of carbonyl (C=O) groups excluding carboxylic acids is 5. The summed E-state index contributed by atoms with van der Waals surface area (Å²) in [7, 11) is 0. The summed E-state index contributed by atoms with van der Waals surface area (Å²) in [6.45, 7) is 15.2. The summed E-state index contributed by atoms with van der Waals surface area (Å²) in [5.74, 6) is -2.98. The van der Waals surface area contributed by atoms with Crippen LogP contribution in [-0.2, 0) is 39.9 Å². The van der Waals surface area contributed by atoms with E-state index < -0.39 is 70.2 Å². The summed E-state index contributed by atoms with van der Waals surface area (Å²) >= 11 is -2.59. The highest BCUT2D eigenvalue weighted by Gasteiger charge is 2.55. The number of hydrogen-bond acceptors (Lipinski definition) is 11. The number of cyclic esters (lactones) is 1. The molecule has 4 atom stereocenters. The number of hydrogen-bond donors (Lipinski definition) is 2. The van der Waals surface area contributed by atoms with Crippen molar-refractivity contribution in [3.8, 4) is 5.75 Å². The molecule has 0 aromatic heterocycles. The number of amides is 3. The topological polar surface area (TPSA) is 190 Å². The first-order chi connectivity index (χ1) is 22.3. The van der Waals surface area contributed by atoms with Crippen molar-refractivity contribution >= 4 is 46.6 Å². The van der Waals surface area contributed by atoms with Crippen molar-refractivity contribution in [2.75, 3.05) is 25.1 Å². The summed E-state index contributed by atoms with van der Waals surface area (Å²) in [5.41, 5.74) is -2.62. The third-order valence-electron chi connectivity index (χ3n) is 7.51. The average Bonchev–Trinajstić information content (AvgIpc) is 3.18. The van der Waals surface area contributed by atoms with Crippen LogP contribution in [0.15, 0.2) is 18.2 Å². The fraction of sp³-hybridized carbons (Fsp3) is 0.667. The molecule has 1 fully saturated rings. The van der Waals surface area contributed by atoms with Crippen LogP contribution in [0.5, 0.6) is 5.75 Å². The van der Waals surface area contributed by atoms with Gasteiger partial charge in [0.25, 0.3) is 11.8 Å². The smallest absolute Gasteiger partial charge is 0.418 e. The second-order valence-corrected chi connectivity index (χ2v) is 14.3. The zero-order chi connectivity index (χ0) is 36.4. The van der Waals surface area contributed by atoms with Crippen LogP contribution in [0.3, 0.4) is 0 Å². The molecule has 0 bridgehead atoms. The highest BCUT2D eigenvalue weighted by atomic mass is 32.2. The lowest BCUT2D eigenvalue weighted by Crippen LogP contribution is -2.55. The molecule has 2 rings (SSSR count). The molecule has 3 amide bonds. The van der Waals surface area contributed by atoms with Gasteiger partial charge in [0.15, 0.2) is 17.4 Å². The van der Waals surface area contributed by atoms with E-state index in [9.17, 15) is 32.7 Å². The maximum absolute atomic E-state index is 13.7. The van der Waals surface area contributed by atoms with Crippen LogP contribution in [0.1, 0.15) is 98.4 Å². The van der Waals surface area contributed by atoms with Crippen LogP contribution in [0.25, 0.3) is 0 Å². The molecule has 1 aromatic rings. The van der Waals surface area contributed by atoms with Gasteiger partial charge >= 0.3 is 12.1 Å². The lowest BCUT2D eigenvalue weighted by molar-refractivity contribution is -0.145. The highest BCUT2D eigenvalue weighted by molar-refractivity contribution is 7.77. The fourth-order valence-corrected chi connectivity index (χ4v) is 5.08. The lowest BCUT2D eigenvalue weighted by Gasteiger charge is -2.28. The van der Waals surface area contributed by atoms with Crippen molar-refractivity contribution in [2.24, 2.45) is 11.3 Å². The number of anilines is 1. The quantitative estimate of drug-likeness (QED) is 0.119. The Balaban J connectivity index is 2.34. The van der Waals surface area contributed by atoms with Gasteiger partial charge in [-0.05, 0) is 58.2 Å². The molecule has 0 spiro atoms. The second kappa shape index (κ2) is 17.8. The molecular weight excluding hydrogens is 646 g/mol. The number of imide groups is 1. The van der Waals surface area contributed by atoms with E-state index in [-0.39, 0.29) is 30.2 Å². The number of carbonyl (C=O) groups is 5. The van der Waals surface area contributed by atoms with Crippen molar-refractivity contribution in [3.63, 3.8) is 0 Å². The largest absolute Gasteiger partial charge is 0.760 e. The molecule has 14 nitrogen and oxygen atoms in total. The van der Waals surface area contributed by atoms with E-state index >= 15 is 0 Å². The molecule has 1 heterocycles. The highest BCUT2D eigenvalue weighted by Crippen LogP contribution is 2.32. The first-order valence-electron chi connectivity index (χ1n) is 16.2. The Labute approximate surface area is 285 Å². The van der Waals surface area contributed by atoms with E-state index in [1.165, 1.54) is 32.0 Å². The van der Waals surface area contributed by atoms with Gasteiger partial charge < -0.3 is 28.8 Å². The Morgan fingerprint density at radius 1 is 1.10 bits per heavy atom. The summed E-state index contributed by atoms with van der Waals surface area (Å²) in [4.78, 5) is 66.7. The molecule has 270 valence electrons. The van der Waals surface area contributed by atoms with Crippen LogP contribution in [0.2, 0.25) is 0 Å². The molecule has 4 unspecified atom stereocenters. The van der Waals surface area contributed by atoms with Gasteiger partial charge in [-0.1, -0.05) is 53.9 Å². The number of benzene rings is 1. The van der Waals surface area contributed by atoms with Gasteiger partial charge in [0, 0.05) is 29.8 Å². The van der Waals surface area contributed by atoms with Crippen molar-refractivity contribution in [3.05, 3.63) is 23.8 Å². The molecule has 0 radical (unpaired) electrons. The summed E-state index contributed by atoms with van der Waals surface area (Å²) in [6, 6.07) is 2.18. The summed E-state index contributed by atoms with van der Waals surface area (Å²) in [5, 5.41) is 2.58. The van der Waals surface area contributed by atoms with Gasteiger partial charge in [0.2, 0.25) is 0 Å². The minimum Gasteiger partial charge on any atom is -0.760 e. The third kappa shape index (κ3) is 11.6. The number of nitrogens with zero attached hydrogens (tertiary/aromatic N) is 1. The number of Topliss-reactive ketones (excluding diaryl/α,β-unsaturated/α-hetero) is 1. The van der Waals surface area contributed by atoms with Crippen LogP contribution in [-0.4, -0.2) is 86.9 Å². The van der Waals surface area contributed by atoms with Crippen molar-refractivity contribution < 1.29 is 51.7 Å². The molecule has 1 saturated heterocycles. The minimum absolute atomic E-state index is 0.0219. The van der Waals surface area contributed by atoms with Crippen molar-refractivity contribution in [1.82, 2.24) is 9.62 Å². The molecule has 48 heavy (non-hydrogen) atoms. The molecule has 0 saturated carbocycles. The Morgan fingerprint density at radius 3 is 2.29 bits per heavy atom. The van der Waals surface area contributed by atoms with Crippen molar-refractivity contribution in [2.45, 2.75) is 112 Å². The molecule has 0 aliphatic carbocycles. The molecule has 2 N–H and O–H groups in total. The lowest BCUT2D eigenvalue weighted by atomic mass is 9.85. The number of unbranched alkanes of at least 4 members (excludes halogenated alkanes) is 1. The number of rotatable bonds is 19. The van der Waals surface area contributed by atoms with Gasteiger partial charge in [0.05, 0.1) is 24.0 Å². The predicted molar refractivity (Wildman–Crippen MR) is 177 cm³/mol. The van der Waals surface area contributed by atoms with Crippen LogP contribution in [0.4, 0.5) is 10.5 Å². The van der Waals surface area contributed by atoms with Crippen LogP contribution < -0.4 is 14.8 Å². The molecule has 1 aromatic carbocycles. The number of ketones is 1. The Kier molecular flexibility index (Phi) is 15.2. The Bertz CT molecular complexity index is 1340. The summed E-state index contributed by atoms with van der Waals surface area (Å²) < 4.78 is 47.0. The van der Waals surface area contributed by atoms with E-state index in [0.29, 0.717) is 17.4 Å². The van der Waals surface area contributed by atoms with Crippen molar-refractivity contribution in [1.29, 1.82) is 0 Å². The standard InChI is InChI=1S/C33H51N3O11S/c1-10-12-13-21(11-2)18-44-19-23(17-34-48(42)43)46-29(39)22-14-15-24(25(16-22)45-20(3)4)35-28(38)26(27(37)32(5,6)7)36-30(40)33(8,9)47-31(36)41/h14-16,20-21,23,26,34H,10-13,17-19H2,1-9H3,(H,35,38)(H,42,43)/p-1. The number of ether oxygens (including phenoxy) is 4. The molecule has 15 heteroatoms. The van der Waals surface area contributed by atoms with Gasteiger partial charge in [0.1, 0.15) is 11.9 Å². The zero-order valence-corrected chi connectivity index (χ0v) is 30.2. The maximum atomic E-state index is 13.7. The first-order valence-corrected chi connectivity index (χ1v) is 17.2. The summed E-state index contributed by atoms with van der Waals surface area (Å²) in [6.07, 6.45) is 1.52. The van der Waals surface area contributed by atoms with Crippen LogP contribution in [0, 0.1) is 11.3 Å². The second-order valence-electron chi connectivity index (χ2n) is 13.5. The van der Waals surface area contributed by atoms with E-state index in [1.54, 1.807) is 34.6 Å². The van der Waals surface area contributed by atoms with E-state index in [1.807, 2.05) is 0 Å². The van der Waals surface area contributed by atoms with E-state index in [2.05, 4.69) is 23.9 Å². The zero-order valence-electron chi connectivity index (χ0n) is 29.3. The van der Waals surface area contributed by atoms with Gasteiger partial charge in [-0.2, -0.15) is 0 Å². The molecular formula is C33H50N3O11S-. The van der Waals surface area contributed by atoms with E-state index in [4.69, 9.17) is 18.9 Å². The molecule has 1 aliphatic heterocycles. The van der Waals surface area contributed by atoms with Crippen LogP contribution >= 0.6 is 0 Å². The number of nitrogens with one attached hydrogen (secondary N) is 2. The number of esters is 1. The minimum atomic E-state index is -2.59. The predicted octanol–water partition coefficient (Wildman–Crippen LogP) is 4.30. The van der Waals surface area contributed by atoms with Gasteiger partial charge in [-0.25, -0.2) is 19.2 Å². The molecule has 1 aliphatic rings. The monoisotopic (exact) mass is 696 g/mol. The Morgan fingerprint density at radius 2 is 1.77 bits per heavy atom. The van der Waals surface area contributed by atoms with Gasteiger partial charge in [-0.3, -0.25) is 18.6 Å². The Hall–Kier alpha value is -3.40. The maximum Gasteiger partial charge on any atom is 0.418 e. The van der Waals surface area contributed by atoms with Gasteiger partial charge in [-0.15, -0.1) is 0 Å². The fourth-order valence-electron chi connectivity index (χ4n) is 4.75. The first kappa shape index (κ1) is 40.8. The SMILES string of the molecule is CCCCC(CC)COCC(CNS(=O)[O-])OC(=O)c1ccc(NC(=O)C(C(=O)C(C)(C)C)N2C(=O)OC(C)(C)C2=O)c(OC(C)C)c1.